The minimum absolute atomic E-state index is 0.352. The summed E-state index contributed by atoms with van der Waals surface area (Å²) in [6.45, 7) is 5.69. The van der Waals surface area contributed by atoms with Crippen LogP contribution in [-0.2, 0) is 10.0 Å². The van der Waals surface area contributed by atoms with E-state index in [0.717, 1.165) is 16.7 Å². The Kier molecular flexibility index (Phi) is 6.53. The van der Waals surface area contributed by atoms with Crippen molar-refractivity contribution < 1.29 is 17.9 Å². The molecule has 2 aromatic carbocycles. The normalized spacial score (nSPS) is 14.8. The Balaban J connectivity index is 1.48. The molecule has 1 saturated heterocycles. The summed E-state index contributed by atoms with van der Waals surface area (Å²) in [6, 6.07) is 14.7. The van der Waals surface area contributed by atoms with Gasteiger partial charge in [-0.3, -0.25) is 0 Å². The van der Waals surface area contributed by atoms with Crippen LogP contribution in [0.4, 0.5) is 5.82 Å². The van der Waals surface area contributed by atoms with Crippen molar-refractivity contribution in [2.75, 3.05) is 45.3 Å². The predicted octanol–water partition coefficient (Wildman–Crippen LogP) is 3.29. The van der Waals surface area contributed by atoms with E-state index in [1.807, 2.05) is 55.1 Å². The van der Waals surface area contributed by atoms with Crippen LogP contribution in [0.25, 0.3) is 11.3 Å². The first-order chi connectivity index (χ1) is 15.8. The number of benzene rings is 2. The number of anilines is 1. The van der Waals surface area contributed by atoms with E-state index in [9.17, 15) is 8.42 Å². The molecule has 0 atom stereocenters. The maximum absolute atomic E-state index is 13.1. The van der Waals surface area contributed by atoms with Gasteiger partial charge in [-0.1, -0.05) is 6.07 Å². The molecule has 0 aliphatic carbocycles. The second-order valence-corrected chi connectivity index (χ2v) is 10.00. The largest absolute Gasteiger partial charge is 0.497 e. The lowest BCUT2D eigenvalue weighted by atomic mass is 10.1. The fourth-order valence-electron chi connectivity index (χ4n) is 4.04. The first kappa shape index (κ1) is 23.0. The summed E-state index contributed by atoms with van der Waals surface area (Å²) in [5.41, 5.74) is 3.34. The van der Waals surface area contributed by atoms with Crippen molar-refractivity contribution >= 4 is 15.8 Å². The van der Waals surface area contributed by atoms with Crippen LogP contribution in [-0.4, -0.2) is 63.3 Å². The van der Waals surface area contributed by atoms with Gasteiger partial charge in [0, 0.05) is 31.7 Å². The van der Waals surface area contributed by atoms with Gasteiger partial charge in [-0.05, 0) is 67.4 Å². The van der Waals surface area contributed by atoms with E-state index in [0.29, 0.717) is 54.1 Å². The SMILES string of the molecule is COc1ccc(OC)c(-c2ccc(N3CCN(S(=O)(=O)c4cc(C)cc(C)c4)CC3)nn2)c1. The van der Waals surface area contributed by atoms with E-state index in [4.69, 9.17) is 9.47 Å². The average Bonchev–Trinajstić information content (AvgIpc) is 2.83. The summed E-state index contributed by atoms with van der Waals surface area (Å²) in [5.74, 6) is 2.10. The number of piperazine rings is 1. The number of ether oxygens (including phenoxy) is 2. The number of hydrogen-bond donors (Lipinski definition) is 0. The van der Waals surface area contributed by atoms with Crippen LogP contribution in [0.2, 0.25) is 0 Å². The molecule has 2 heterocycles. The van der Waals surface area contributed by atoms with Gasteiger partial charge < -0.3 is 14.4 Å². The van der Waals surface area contributed by atoms with Crippen molar-refractivity contribution in [2.24, 2.45) is 0 Å². The zero-order valence-electron chi connectivity index (χ0n) is 19.3. The van der Waals surface area contributed by atoms with E-state index in [-0.39, 0.29) is 0 Å². The van der Waals surface area contributed by atoms with Crippen molar-refractivity contribution in [3.05, 3.63) is 59.7 Å². The van der Waals surface area contributed by atoms with Gasteiger partial charge in [0.25, 0.3) is 0 Å². The molecule has 8 nitrogen and oxygen atoms in total. The molecular formula is C24H28N4O4S. The van der Waals surface area contributed by atoms with Crippen LogP contribution in [0.3, 0.4) is 0 Å². The Bertz CT molecular complexity index is 1220. The fourth-order valence-corrected chi connectivity index (χ4v) is 5.65. The number of sulfonamides is 1. The molecule has 9 heteroatoms. The highest BCUT2D eigenvalue weighted by Crippen LogP contribution is 2.32. The molecule has 174 valence electrons. The predicted molar refractivity (Wildman–Crippen MR) is 127 cm³/mol. The van der Waals surface area contributed by atoms with Crippen LogP contribution in [0.15, 0.2) is 53.4 Å². The molecule has 0 N–H and O–H groups in total. The van der Waals surface area contributed by atoms with Gasteiger partial charge in [0.1, 0.15) is 11.5 Å². The van der Waals surface area contributed by atoms with Crippen LogP contribution >= 0.6 is 0 Å². The zero-order chi connectivity index (χ0) is 23.6. The second-order valence-electron chi connectivity index (χ2n) is 8.06. The Hall–Kier alpha value is -3.17. The summed E-state index contributed by atoms with van der Waals surface area (Å²) in [4.78, 5) is 2.40. The van der Waals surface area contributed by atoms with Gasteiger partial charge in [-0.15, -0.1) is 10.2 Å². The lowest BCUT2D eigenvalue weighted by Gasteiger charge is -2.34. The molecule has 1 aliphatic heterocycles. The maximum Gasteiger partial charge on any atom is 0.243 e. The fraction of sp³-hybridized carbons (Fsp3) is 0.333. The van der Waals surface area contributed by atoms with Crippen molar-refractivity contribution in [2.45, 2.75) is 18.7 Å². The summed E-state index contributed by atoms with van der Waals surface area (Å²) < 4.78 is 38.5. The molecule has 1 fully saturated rings. The van der Waals surface area contributed by atoms with Gasteiger partial charge >= 0.3 is 0 Å². The summed E-state index contributed by atoms with van der Waals surface area (Å²) in [5, 5.41) is 8.77. The summed E-state index contributed by atoms with van der Waals surface area (Å²) in [6.07, 6.45) is 0. The number of aromatic nitrogens is 2. The van der Waals surface area contributed by atoms with E-state index >= 15 is 0 Å². The van der Waals surface area contributed by atoms with Crippen molar-refractivity contribution in [1.29, 1.82) is 0 Å². The van der Waals surface area contributed by atoms with Crippen LogP contribution in [0, 0.1) is 13.8 Å². The van der Waals surface area contributed by atoms with Crippen molar-refractivity contribution in [3.63, 3.8) is 0 Å². The molecule has 33 heavy (non-hydrogen) atoms. The standard InChI is InChI=1S/C24H28N4O4S/c1-17-13-18(2)15-20(14-17)33(29,30)28-11-9-27(10-12-28)24-8-6-22(25-26-24)21-16-19(31-3)5-7-23(21)32-4/h5-8,13-16H,9-12H2,1-4H3. The molecule has 0 unspecified atom stereocenters. The van der Waals surface area contributed by atoms with E-state index in [1.54, 1.807) is 30.7 Å². The Labute approximate surface area is 194 Å². The third kappa shape index (κ3) is 4.79. The monoisotopic (exact) mass is 468 g/mol. The van der Waals surface area contributed by atoms with Crippen molar-refractivity contribution in [1.82, 2.24) is 14.5 Å². The molecule has 1 aliphatic rings. The van der Waals surface area contributed by atoms with Gasteiger partial charge in [0.15, 0.2) is 5.82 Å². The molecule has 0 saturated carbocycles. The molecule has 0 spiro atoms. The zero-order valence-corrected chi connectivity index (χ0v) is 20.1. The molecule has 0 amide bonds. The third-order valence-corrected chi connectivity index (χ3v) is 7.61. The smallest absolute Gasteiger partial charge is 0.243 e. The van der Waals surface area contributed by atoms with Crippen molar-refractivity contribution in [3.8, 4) is 22.8 Å². The van der Waals surface area contributed by atoms with Gasteiger partial charge in [0.05, 0.1) is 24.8 Å². The molecular weight excluding hydrogens is 440 g/mol. The number of rotatable bonds is 6. The average molecular weight is 469 g/mol. The minimum Gasteiger partial charge on any atom is -0.497 e. The molecule has 4 rings (SSSR count). The quantitative estimate of drug-likeness (QED) is 0.549. The first-order valence-corrected chi connectivity index (χ1v) is 12.2. The van der Waals surface area contributed by atoms with E-state index in [1.165, 1.54) is 0 Å². The summed E-state index contributed by atoms with van der Waals surface area (Å²) >= 11 is 0. The molecule has 0 radical (unpaired) electrons. The number of methoxy groups -OCH3 is 2. The van der Waals surface area contributed by atoms with Crippen LogP contribution in [0.1, 0.15) is 11.1 Å². The molecule has 0 bridgehead atoms. The highest BCUT2D eigenvalue weighted by atomic mass is 32.2. The molecule has 1 aromatic heterocycles. The number of nitrogens with zero attached hydrogens (tertiary/aromatic N) is 4. The minimum atomic E-state index is -3.52. The van der Waals surface area contributed by atoms with Crippen LogP contribution < -0.4 is 14.4 Å². The first-order valence-electron chi connectivity index (χ1n) is 10.7. The highest BCUT2D eigenvalue weighted by Gasteiger charge is 2.29. The molecule has 3 aromatic rings. The van der Waals surface area contributed by atoms with Gasteiger partial charge in [-0.2, -0.15) is 4.31 Å². The number of hydrogen-bond acceptors (Lipinski definition) is 7. The lowest BCUT2D eigenvalue weighted by molar-refractivity contribution is 0.383. The van der Waals surface area contributed by atoms with Crippen LogP contribution in [0.5, 0.6) is 11.5 Å². The Morgan fingerprint density at radius 2 is 1.52 bits per heavy atom. The van der Waals surface area contributed by atoms with E-state index in [2.05, 4.69) is 10.2 Å². The highest BCUT2D eigenvalue weighted by molar-refractivity contribution is 7.89. The van der Waals surface area contributed by atoms with E-state index < -0.39 is 10.0 Å². The Morgan fingerprint density at radius 1 is 0.818 bits per heavy atom. The topological polar surface area (TPSA) is 84.9 Å². The number of aryl methyl sites for hydroxylation is 2. The van der Waals surface area contributed by atoms with Gasteiger partial charge in [0.2, 0.25) is 10.0 Å². The Morgan fingerprint density at radius 3 is 2.09 bits per heavy atom. The lowest BCUT2D eigenvalue weighted by Crippen LogP contribution is -2.49. The maximum atomic E-state index is 13.1. The summed E-state index contributed by atoms with van der Waals surface area (Å²) in [7, 11) is -0.304. The van der Waals surface area contributed by atoms with Gasteiger partial charge in [-0.25, -0.2) is 8.42 Å². The third-order valence-electron chi connectivity index (χ3n) is 5.73. The second kappa shape index (κ2) is 9.36.